The molecule has 0 fully saturated rings. The zero-order valence-electron chi connectivity index (χ0n) is 18.4. The summed E-state index contributed by atoms with van der Waals surface area (Å²) in [5.41, 5.74) is 0.416. The van der Waals surface area contributed by atoms with E-state index in [2.05, 4.69) is 5.32 Å². The van der Waals surface area contributed by atoms with Crippen LogP contribution >= 0.6 is 0 Å². The number of para-hydroxylation sites is 1. The Balaban J connectivity index is 2.17. The van der Waals surface area contributed by atoms with E-state index in [0.717, 1.165) is 0 Å². The normalized spacial score (nSPS) is 10.2. The molecule has 0 heterocycles. The van der Waals surface area contributed by atoms with E-state index in [-0.39, 0.29) is 16.9 Å². The van der Waals surface area contributed by atoms with Gasteiger partial charge in [0, 0.05) is 6.07 Å². The Kier molecular flexibility index (Phi) is 8.82. The van der Waals surface area contributed by atoms with Crippen LogP contribution < -0.4 is 19.5 Å². The lowest BCUT2D eigenvalue weighted by Gasteiger charge is -2.17. The Morgan fingerprint density at radius 1 is 1.00 bits per heavy atom. The number of anilines is 1. The minimum absolute atomic E-state index is 0.0527. The summed E-state index contributed by atoms with van der Waals surface area (Å²) in [5, 5.41) is 13.6. The number of rotatable bonds is 11. The highest BCUT2D eigenvalue weighted by Crippen LogP contribution is 2.39. The molecule has 1 N–H and O–H groups in total. The van der Waals surface area contributed by atoms with E-state index >= 15 is 0 Å². The molecule has 2 rings (SSSR count). The van der Waals surface area contributed by atoms with Crippen LogP contribution in [-0.4, -0.2) is 43.2 Å². The van der Waals surface area contributed by atoms with E-state index in [1.54, 1.807) is 26.8 Å². The number of nitrogens with one attached hydrogen (secondary N) is 1. The van der Waals surface area contributed by atoms with Crippen LogP contribution in [0, 0.1) is 17.0 Å². The third kappa shape index (κ3) is 6.10. The maximum atomic E-state index is 12.6. The van der Waals surface area contributed by atoms with E-state index in [0.29, 0.717) is 42.6 Å². The maximum Gasteiger partial charge on any atom is 0.338 e. The minimum atomic E-state index is -0.788. The summed E-state index contributed by atoms with van der Waals surface area (Å²) in [7, 11) is 0. The lowest BCUT2D eigenvalue weighted by molar-refractivity contribution is -0.384. The second-order valence-corrected chi connectivity index (χ2v) is 6.45. The van der Waals surface area contributed by atoms with Gasteiger partial charge in [-0.15, -0.1) is 0 Å². The van der Waals surface area contributed by atoms with Gasteiger partial charge in [-0.05, 0) is 45.4 Å². The Morgan fingerprint density at radius 3 is 2.12 bits per heavy atom. The van der Waals surface area contributed by atoms with Gasteiger partial charge in [0.15, 0.2) is 18.1 Å². The van der Waals surface area contributed by atoms with Crippen LogP contribution in [0.3, 0.4) is 0 Å². The molecule has 10 nitrogen and oxygen atoms in total. The molecule has 2 aromatic rings. The van der Waals surface area contributed by atoms with Crippen molar-refractivity contribution in [3.8, 4) is 17.2 Å². The molecule has 0 aliphatic rings. The van der Waals surface area contributed by atoms with Gasteiger partial charge in [0.05, 0.1) is 30.3 Å². The second kappa shape index (κ2) is 11.5. The third-order valence-corrected chi connectivity index (χ3v) is 4.19. The molecule has 0 saturated heterocycles. The molecule has 0 bridgehead atoms. The van der Waals surface area contributed by atoms with Crippen LogP contribution in [0.2, 0.25) is 0 Å². The topological polar surface area (TPSA) is 126 Å². The van der Waals surface area contributed by atoms with Gasteiger partial charge in [0.1, 0.15) is 5.69 Å². The first kappa shape index (κ1) is 24.4. The fourth-order valence-electron chi connectivity index (χ4n) is 2.86. The van der Waals surface area contributed by atoms with Crippen molar-refractivity contribution in [2.75, 3.05) is 31.7 Å². The number of ether oxygens (including phenoxy) is 4. The standard InChI is InChI=1S/C22H26N2O8/c1-5-29-17-11-15(12-18(30-6-2)21(17)31-7-3)22(26)32-13-19(25)23-20-14(4)9-8-10-16(20)24(27)28/h8-12H,5-7,13H2,1-4H3,(H,23,25). The molecule has 0 aromatic heterocycles. The van der Waals surface area contributed by atoms with Gasteiger partial charge in [-0.3, -0.25) is 14.9 Å². The van der Waals surface area contributed by atoms with Gasteiger partial charge in [0.2, 0.25) is 5.75 Å². The van der Waals surface area contributed by atoms with E-state index in [1.165, 1.54) is 24.3 Å². The van der Waals surface area contributed by atoms with Gasteiger partial charge in [-0.25, -0.2) is 4.79 Å². The van der Waals surface area contributed by atoms with Gasteiger partial charge in [0.25, 0.3) is 11.6 Å². The number of hydrogen-bond donors (Lipinski definition) is 1. The molecule has 2 aromatic carbocycles. The van der Waals surface area contributed by atoms with Crippen molar-refractivity contribution in [3.05, 3.63) is 51.6 Å². The SMILES string of the molecule is CCOc1cc(C(=O)OCC(=O)Nc2c(C)cccc2[N+](=O)[O-])cc(OCC)c1OCC. The highest BCUT2D eigenvalue weighted by molar-refractivity contribution is 5.97. The van der Waals surface area contributed by atoms with Crippen molar-refractivity contribution in [3.63, 3.8) is 0 Å². The molecule has 10 heteroatoms. The summed E-state index contributed by atoms with van der Waals surface area (Å²) in [6.45, 7) is 7.42. The van der Waals surface area contributed by atoms with Crippen LogP contribution in [0.15, 0.2) is 30.3 Å². The summed E-state index contributed by atoms with van der Waals surface area (Å²) in [6, 6.07) is 7.31. The number of hydrogen-bond acceptors (Lipinski definition) is 8. The molecular weight excluding hydrogens is 420 g/mol. The maximum absolute atomic E-state index is 12.6. The van der Waals surface area contributed by atoms with Crippen molar-refractivity contribution >= 4 is 23.3 Å². The fourth-order valence-corrected chi connectivity index (χ4v) is 2.86. The van der Waals surface area contributed by atoms with E-state index in [4.69, 9.17) is 18.9 Å². The van der Waals surface area contributed by atoms with Crippen molar-refractivity contribution in [1.29, 1.82) is 0 Å². The number of esters is 1. The van der Waals surface area contributed by atoms with Gasteiger partial charge < -0.3 is 24.3 Å². The largest absolute Gasteiger partial charge is 0.490 e. The lowest BCUT2D eigenvalue weighted by Crippen LogP contribution is -2.22. The lowest BCUT2D eigenvalue weighted by atomic mass is 10.1. The molecule has 0 atom stereocenters. The van der Waals surface area contributed by atoms with Crippen molar-refractivity contribution in [2.24, 2.45) is 0 Å². The number of carbonyl (C=O) groups is 2. The zero-order chi connectivity index (χ0) is 23.7. The summed E-state index contributed by atoms with van der Waals surface area (Å²) in [4.78, 5) is 35.4. The van der Waals surface area contributed by atoms with Crippen molar-refractivity contribution in [2.45, 2.75) is 27.7 Å². The van der Waals surface area contributed by atoms with Gasteiger partial charge >= 0.3 is 5.97 Å². The smallest absolute Gasteiger partial charge is 0.338 e. The molecule has 172 valence electrons. The van der Waals surface area contributed by atoms with Crippen LogP contribution in [0.5, 0.6) is 17.2 Å². The molecule has 0 aliphatic carbocycles. The van der Waals surface area contributed by atoms with E-state index in [1.807, 2.05) is 6.92 Å². The van der Waals surface area contributed by atoms with Crippen molar-refractivity contribution < 1.29 is 33.5 Å². The van der Waals surface area contributed by atoms with E-state index in [9.17, 15) is 19.7 Å². The molecule has 0 unspecified atom stereocenters. The number of nitro benzene ring substituents is 1. The first-order chi connectivity index (χ1) is 15.3. The average molecular weight is 446 g/mol. The minimum Gasteiger partial charge on any atom is -0.490 e. The van der Waals surface area contributed by atoms with Crippen LogP contribution in [0.1, 0.15) is 36.7 Å². The highest BCUT2D eigenvalue weighted by Gasteiger charge is 2.21. The number of amides is 1. The zero-order valence-corrected chi connectivity index (χ0v) is 18.4. The molecule has 32 heavy (non-hydrogen) atoms. The Morgan fingerprint density at radius 2 is 1.59 bits per heavy atom. The Hall–Kier alpha value is -3.82. The van der Waals surface area contributed by atoms with Crippen LogP contribution in [0.4, 0.5) is 11.4 Å². The number of aryl methyl sites for hydroxylation is 1. The summed E-state index contributed by atoms with van der Waals surface area (Å²) >= 11 is 0. The number of carbonyl (C=O) groups excluding carboxylic acids is 2. The van der Waals surface area contributed by atoms with Crippen LogP contribution in [-0.2, 0) is 9.53 Å². The predicted octanol–water partition coefficient (Wildman–Crippen LogP) is 3.89. The monoisotopic (exact) mass is 446 g/mol. The Bertz CT molecular complexity index is 963. The summed E-state index contributed by atoms with van der Waals surface area (Å²) in [5.74, 6) is -0.502. The fraction of sp³-hybridized carbons (Fsp3) is 0.364. The molecule has 0 aliphatic heterocycles. The second-order valence-electron chi connectivity index (χ2n) is 6.45. The summed E-state index contributed by atoms with van der Waals surface area (Å²) in [6.07, 6.45) is 0. The van der Waals surface area contributed by atoms with Crippen molar-refractivity contribution in [1.82, 2.24) is 0 Å². The number of nitro groups is 1. The third-order valence-electron chi connectivity index (χ3n) is 4.19. The molecule has 0 spiro atoms. The first-order valence-electron chi connectivity index (χ1n) is 10.1. The average Bonchev–Trinajstić information content (AvgIpc) is 2.75. The molecule has 0 saturated carbocycles. The van der Waals surface area contributed by atoms with Crippen LogP contribution in [0.25, 0.3) is 0 Å². The van der Waals surface area contributed by atoms with Gasteiger partial charge in [-0.2, -0.15) is 0 Å². The highest BCUT2D eigenvalue weighted by atomic mass is 16.6. The number of benzene rings is 2. The summed E-state index contributed by atoms with van der Waals surface area (Å²) < 4.78 is 21.8. The molecule has 1 amide bonds. The predicted molar refractivity (Wildman–Crippen MR) is 117 cm³/mol. The quantitative estimate of drug-likeness (QED) is 0.313. The Labute approximate surface area is 185 Å². The molecular formula is C22H26N2O8. The van der Waals surface area contributed by atoms with E-state index < -0.39 is 23.4 Å². The molecule has 0 radical (unpaired) electrons. The first-order valence-corrected chi connectivity index (χ1v) is 10.1. The van der Waals surface area contributed by atoms with Gasteiger partial charge in [-0.1, -0.05) is 12.1 Å². The number of nitrogens with zero attached hydrogens (tertiary/aromatic N) is 1.